The summed E-state index contributed by atoms with van der Waals surface area (Å²) in [7, 11) is 0. The molecular weight excluding hydrogens is 180 g/mol. The first-order chi connectivity index (χ1) is 6.70. The van der Waals surface area contributed by atoms with Gasteiger partial charge in [-0.15, -0.1) is 0 Å². The van der Waals surface area contributed by atoms with Gasteiger partial charge in [0, 0.05) is 6.42 Å². The Labute approximate surface area is 82.9 Å². The fourth-order valence-corrected chi connectivity index (χ4v) is 2.26. The fourth-order valence-electron chi connectivity index (χ4n) is 2.26. The van der Waals surface area contributed by atoms with Crippen molar-refractivity contribution in [1.29, 1.82) is 0 Å². The van der Waals surface area contributed by atoms with E-state index in [-0.39, 0.29) is 0 Å². The minimum absolute atomic E-state index is 0.342. The molecule has 0 radical (unpaired) electrons. The Kier molecular flexibility index (Phi) is 2.44. The second-order valence-electron chi connectivity index (χ2n) is 4.20. The van der Waals surface area contributed by atoms with E-state index in [4.69, 9.17) is 4.52 Å². The second kappa shape index (κ2) is 3.59. The maximum atomic E-state index is 11.0. The van der Waals surface area contributed by atoms with Gasteiger partial charge < -0.3 is 4.52 Å². The smallest absolute Gasteiger partial charge is 0.318 e. The first-order valence-corrected chi connectivity index (χ1v) is 5.29. The maximum Gasteiger partial charge on any atom is 0.459 e. The SMILES string of the molecule is CCCC1CC(C)Cc2nc(=O)on21. The van der Waals surface area contributed by atoms with Gasteiger partial charge in [0.25, 0.3) is 0 Å². The van der Waals surface area contributed by atoms with Crippen molar-refractivity contribution in [3.63, 3.8) is 0 Å². The van der Waals surface area contributed by atoms with Gasteiger partial charge in [0.15, 0.2) is 0 Å². The standard InChI is InChI=1S/C10H16N2O2/c1-3-4-8-5-7(2)6-9-11-10(13)14-12(8)9/h7-8H,3-6H2,1-2H3. The molecule has 4 heteroatoms. The summed E-state index contributed by atoms with van der Waals surface area (Å²) in [5, 5.41) is 0. The van der Waals surface area contributed by atoms with Gasteiger partial charge >= 0.3 is 5.76 Å². The van der Waals surface area contributed by atoms with E-state index in [9.17, 15) is 4.79 Å². The Morgan fingerprint density at radius 1 is 1.64 bits per heavy atom. The van der Waals surface area contributed by atoms with Crippen molar-refractivity contribution < 1.29 is 4.52 Å². The van der Waals surface area contributed by atoms with Crippen LogP contribution in [-0.4, -0.2) is 9.72 Å². The molecule has 2 rings (SSSR count). The molecule has 0 bridgehead atoms. The maximum absolute atomic E-state index is 11.0. The van der Waals surface area contributed by atoms with Crippen LogP contribution in [0.5, 0.6) is 0 Å². The lowest BCUT2D eigenvalue weighted by Gasteiger charge is -2.26. The zero-order valence-electron chi connectivity index (χ0n) is 8.69. The fraction of sp³-hybridized carbons (Fsp3) is 0.800. The lowest BCUT2D eigenvalue weighted by atomic mass is 9.92. The summed E-state index contributed by atoms with van der Waals surface area (Å²) in [6, 6.07) is 0.342. The summed E-state index contributed by atoms with van der Waals surface area (Å²) in [5.41, 5.74) is 0. The first kappa shape index (κ1) is 9.49. The van der Waals surface area contributed by atoms with Crippen LogP contribution in [-0.2, 0) is 6.42 Å². The summed E-state index contributed by atoms with van der Waals surface area (Å²) < 4.78 is 6.80. The highest BCUT2D eigenvalue weighted by atomic mass is 16.5. The zero-order chi connectivity index (χ0) is 10.1. The van der Waals surface area contributed by atoms with E-state index in [0.717, 1.165) is 31.5 Å². The molecule has 14 heavy (non-hydrogen) atoms. The van der Waals surface area contributed by atoms with Gasteiger partial charge in [0.2, 0.25) is 0 Å². The largest absolute Gasteiger partial charge is 0.459 e. The third-order valence-electron chi connectivity index (χ3n) is 2.81. The number of hydrogen-bond acceptors (Lipinski definition) is 3. The molecule has 4 nitrogen and oxygen atoms in total. The van der Waals surface area contributed by atoms with E-state index in [1.165, 1.54) is 0 Å². The Balaban J connectivity index is 2.32. The summed E-state index contributed by atoms with van der Waals surface area (Å²) in [5.74, 6) is 0.985. The highest BCUT2D eigenvalue weighted by Crippen LogP contribution is 2.30. The lowest BCUT2D eigenvalue weighted by Crippen LogP contribution is -2.22. The quantitative estimate of drug-likeness (QED) is 0.724. The molecule has 78 valence electrons. The van der Waals surface area contributed by atoms with Crippen molar-refractivity contribution in [3.05, 3.63) is 16.4 Å². The van der Waals surface area contributed by atoms with Crippen molar-refractivity contribution in [1.82, 2.24) is 9.72 Å². The highest BCUT2D eigenvalue weighted by Gasteiger charge is 2.26. The van der Waals surface area contributed by atoms with E-state index in [2.05, 4.69) is 18.8 Å². The average molecular weight is 196 g/mol. The van der Waals surface area contributed by atoms with Gasteiger partial charge in [-0.25, -0.2) is 4.79 Å². The highest BCUT2D eigenvalue weighted by molar-refractivity contribution is 4.92. The third-order valence-corrected chi connectivity index (χ3v) is 2.81. The molecule has 1 aromatic rings. The van der Waals surface area contributed by atoms with Gasteiger partial charge in [0.1, 0.15) is 5.82 Å². The van der Waals surface area contributed by atoms with E-state index in [1.807, 2.05) is 0 Å². The molecular formula is C10H16N2O2. The number of rotatable bonds is 2. The van der Waals surface area contributed by atoms with Crippen molar-refractivity contribution in [2.75, 3.05) is 0 Å². The lowest BCUT2D eigenvalue weighted by molar-refractivity contribution is 0.145. The summed E-state index contributed by atoms with van der Waals surface area (Å²) >= 11 is 0. The van der Waals surface area contributed by atoms with Crippen molar-refractivity contribution in [3.8, 4) is 0 Å². The van der Waals surface area contributed by atoms with Gasteiger partial charge in [-0.3, -0.25) is 0 Å². The predicted molar refractivity (Wildman–Crippen MR) is 52.2 cm³/mol. The predicted octanol–water partition coefficient (Wildman–Crippen LogP) is 1.76. The number of nitrogens with zero attached hydrogens (tertiary/aromatic N) is 2. The van der Waals surface area contributed by atoms with Crippen LogP contribution in [0.15, 0.2) is 9.32 Å². The summed E-state index contributed by atoms with van der Waals surface area (Å²) in [6.07, 6.45) is 4.14. The van der Waals surface area contributed by atoms with Crippen LogP contribution in [0.3, 0.4) is 0 Å². The van der Waals surface area contributed by atoms with E-state index < -0.39 is 5.76 Å². The van der Waals surface area contributed by atoms with Crippen LogP contribution in [0, 0.1) is 5.92 Å². The molecule has 0 spiro atoms. The monoisotopic (exact) mass is 196 g/mol. The van der Waals surface area contributed by atoms with Gasteiger partial charge in [-0.1, -0.05) is 20.3 Å². The molecule has 0 saturated carbocycles. The van der Waals surface area contributed by atoms with Gasteiger partial charge in [-0.2, -0.15) is 9.72 Å². The molecule has 2 atom stereocenters. The molecule has 0 N–H and O–H groups in total. The minimum atomic E-state index is -0.449. The Morgan fingerprint density at radius 2 is 2.43 bits per heavy atom. The topological polar surface area (TPSA) is 48.0 Å². The molecule has 0 amide bonds. The second-order valence-corrected chi connectivity index (χ2v) is 4.20. The Hall–Kier alpha value is -1.06. The number of hydrogen-bond donors (Lipinski definition) is 0. The molecule has 1 aliphatic heterocycles. The van der Waals surface area contributed by atoms with Crippen molar-refractivity contribution in [2.45, 2.75) is 45.6 Å². The van der Waals surface area contributed by atoms with E-state index in [0.29, 0.717) is 12.0 Å². The third kappa shape index (κ3) is 1.61. The normalized spacial score (nSPS) is 26.1. The Bertz CT molecular complexity index is 366. The molecule has 0 fully saturated rings. The molecule has 1 aromatic heterocycles. The summed E-state index contributed by atoms with van der Waals surface area (Å²) in [4.78, 5) is 14.9. The van der Waals surface area contributed by atoms with E-state index in [1.54, 1.807) is 4.74 Å². The van der Waals surface area contributed by atoms with Crippen LogP contribution in [0.4, 0.5) is 0 Å². The number of fused-ring (bicyclic) bond motifs is 1. The molecule has 2 unspecified atom stereocenters. The van der Waals surface area contributed by atoms with Crippen LogP contribution in [0.25, 0.3) is 0 Å². The summed E-state index contributed by atoms with van der Waals surface area (Å²) in [6.45, 7) is 4.35. The van der Waals surface area contributed by atoms with Crippen molar-refractivity contribution in [2.24, 2.45) is 5.92 Å². The zero-order valence-corrected chi connectivity index (χ0v) is 8.69. The first-order valence-electron chi connectivity index (χ1n) is 5.29. The molecule has 0 saturated heterocycles. The Morgan fingerprint density at radius 3 is 3.14 bits per heavy atom. The minimum Gasteiger partial charge on any atom is -0.318 e. The van der Waals surface area contributed by atoms with Crippen molar-refractivity contribution >= 4 is 0 Å². The molecule has 0 aliphatic carbocycles. The van der Waals surface area contributed by atoms with Crippen LogP contribution in [0.1, 0.15) is 45.0 Å². The molecule has 2 heterocycles. The number of aromatic nitrogens is 2. The molecule has 1 aliphatic rings. The van der Waals surface area contributed by atoms with Crippen LogP contribution < -0.4 is 5.76 Å². The average Bonchev–Trinajstić information content (AvgIpc) is 2.45. The molecule has 0 aromatic carbocycles. The van der Waals surface area contributed by atoms with Gasteiger partial charge in [-0.05, 0) is 18.8 Å². The van der Waals surface area contributed by atoms with Crippen LogP contribution in [0.2, 0.25) is 0 Å². The van der Waals surface area contributed by atoms with Crippen LogP contribution >= 0.6 is 0 Å². The van der Waals surface area contributed by atoms with Gasteiger partial charge in [0.05, 0.1) is 6.04 Å². The van der Waals surface area contributed by atoms with E-state index >= 15 is 0 Å².